The van der Waals surface area contributed by atoms with Crippen LogP contribution in [0.2, 0.25) is 0 Å². The summed E-state index contributed by atoms with van der Waals surface area (Å²) in [7, 11) is 0. The summed E-state index contributed by atoms with van der Waals surface area (Å²) in [5.74, 6) is -0.945. The minimum atomic E-state index is -4.71. The number of nitrogen functional groups attached to an aromatic ring is 1. The number of likely N-dealkylation sites (tertiary alicyclic amines) is 1. The van der Waals surface area contributed by atoms with E-state index in [9.17, 15) is 27.9 Å². The summed E-state index contributed by atoms with van der Waals surface area (Å²) in [6.07, 6.45) is -0.792. The number of nitrogens with two attached hydrogens (primary N) is 1. The maximum Gasteiger partial charge on any atom is 0.429 e. The van der Waals surface area contributed by atoms with Gasteiger partial charge in [-0.3, -0.25) is 4.90 Å². The molecule has 2 atom stereocenters. The molecule has 48 heavy (non-hydrogen) atoms. The van der Waals surface area contributed by atoms with Crippen LogP contribution in [0.4, 0.5) is 29.7 Å². The average Bonchev–Trinajstić information content (AvgIpc) is 3.46. The zero-order valence-electron chi connectivity index (χ0n) is 26.6. The summed E-state index contributed by atoms with van der Waals surface area (Å²) in [5, 5.41) is 9.92. The minimum Gasteiger partial charge on any atom is -0.480 e. The predicted octanol–water partition coefficient (Wildman–Crippen LogP) is 6.87. The van der Waals surface area contributed by atoms with Crippen LogP contribution in [0.1, 0.15) is 80.1 Å². The number of halogens is 3. The van der Waals surface area contributed by atoms with E-state index in [1.807, 2.05) is 35.2 Å². The number of carbonyl (C=O) groups is 2. The van der Waals surface area contributed by atoms with Gasteiger partial charge in [0.1, 0.15) is 18.5 Å². The fraction of sp³-hybridized carbons (Fsp3) is 0.486. The fourth-order valence-electron chi connectivity index (χ4n) is 7.32. The van der Waals surface area contributed by atoms with Gasteiger partial charge in [-0.25, -0.2) is 9.59 Å². The summed E-state index contributed by atoms with van der Waals surface area (Å²) in [6, 6.07) is 15.9. The normalized spacial score (nSPS) is 20.4. The molecule has 0 unspecified atom stereocenters. The van der Waals surface area contributed by atoms with E-state index in [0.29, 0.717) is 37.7 Å². The SMILES string of the molecule is Nc1nc(O[C@H](c2ccc(C3CCCCC3)cc2)C(F)(F)F)cc(N2CCC3(CC2)C[C@@H](C(=O)O)N(C(=O)OCc2ccccc2)C3)n1. The van der Waals surface area contributed by atoms with Gasteiger partial charge < -0.3 is 25.2 Å². The smallest absolute Gasteiger partial charge is 0.429 e. The Morgan fingerprint density at radius 3 is 2.33 bits per heavy atom. The standard InChI is InChI=1S/C35H40F3N5O5/c36-35(37,38)30(26-13-11-25(12-14-26)24-9-5-2-6-10-24)48-29-19-28(40-32(39)41-29)42-17-15-34(16-18-42)20-27(31(44)45)43(22-34)33(46)47-21-23-7-3-1-4-8-23/h1,3-4,7-8,11-14,19,24,27,30H,2,5-6,9-10,15-18,20-22H2,(H,44,45)(H2,39,40,41)/t27-,30+/m0/s1. The van der Waals surface area contributed by atoms with Gasteiger partial charge in [0.25, 0.3) is 0 Å². The van der Waals surface area contributed by atoms with Gasteiger partial charge in [0.05, 0.1) is 0 Å². The Morgan fingerprint density at radius 1 is 1.00 bits per heavy atom. The number of amides is 1. The number of anilines is 2. The van der Waals surface area contributed by atoms with Gasteiger partial charge in [-0.05, 0) is 54.6 Å². The Morgan fingerprint density at radius 2 is 1.69 bits per heavy atom. The van der Waals surface area contributed by atoms with Gasteiger partial charge in [0.2, 0.25) is 17.9 Å². The number of carboxylic acid groups (broad SMARTS) is 1. The molecule has 1 aromatic heterocycles. The largest absolute Gasteiger partial charge is 0.480 e. The Hall–Kier alpha value is -4.55. The number of ether oxygens (including phenoxy) is 2. The van der Waals surface area contributed by atoms with Crippen LogP contribution in [0.5, 0.6) is 5.88 Å². The Labute approximate surface area is 277 Å². The number of rotatable bonds is 8. The molecule has 1 amide bonds. The summed E-state index contributed by atoms with van der Waals surface area (Å²) in [4.78, 5) is 36.5. The van der Waals surface area contributed by atoms with E-state index in [2.05, 4.69) is 9.97 Å². The maximum atomic E-state index is 14.3. The van der Waals surface area contributed by atoms with Crippen molar-refractivity contribution in [1.29, 1.82) is 0 Å². The van der Waals surface area contributed by atoms with E-state index in [4.69, 9.17) is 15.2 Å². The number of benzene rings is 2. The molecule has 13 heteroatoms. The third kappa shape index (κ3) is 7.60. The van der Waals surface area contributed by atoms with Crippen LogP contribution < -0.4 is 15.4 Å². The molecular weight excluding hydrogens is 627 g/mol. The van der Waals surface area contributed by atoms with Gasteiger partial charge in [-0.1, -0.05) is 73.9 Å². The van der Waals surface area contributed by atoms with E-state index in [1.165, 1.54) is 29.5 Å². The number of nitrogens with zero attached hydrogens (tertiary/aromatic N) is 4. The molecule has 6 rings (SSSR count). The summed E-state index contributed by atoms with van der Waals surface area (Å²) in [6.45, 7) is 1.09. The number of aromatic nitrogens is 2. The number of piperidine rings is 1. The number of aliphatic carboxylic acids is 1. The Balaban J connectivity index is 1.12. The molecule has 3 N–H and O–H groups in total. The number of carboxylic acids is 1. The summed E-state index contributed by atoms with van der Waals surface area (Å²) >= 11 is 0. The van der Waals surface area contributed by atoms with Gasteiger partial charge in [-0.2, -0.15) is 23.1 Å². The molecule has 3 aromatic rings. The molecule has 1 spiro atoms. The second kappa shape index (κ2) is 13.9. The molecule has 10 nitrogen and oxygen atoms in total. The van der Waals surface area contributed by atoms with Crippen molar-refractivity contribution in [3.63, 3.8) is 0 Å². The van der Waals surface area contributed by atoms with Crippen molar-refractivity contribution in [2.24, 2.45) is 5.41 Å². The van der Waals surface area contributed by atoms with E-state index in [0.717, 1.165) is 36.8 Å². The number of carbonyl (C=O) groups excluding carboxylic acids is 1. The van der Waals surface area contributed by atoms with Gasteiger partial charge in [0.15, 0.2) is 0 Å². The predicted molar refractivity (Wildman–Crippen MR) is 171 cm³/mol. The molecule has 2 saturated heterocycles. The maximum absolute atomic E-state index is 14.3. The fourth-order valence-corrected chi connectivity index (χ4v) is 7.32. The van der Waals surface area contributed by atoms with Crippen molar-refractivity contribution in [3.8, 4) is 5.88 Å². The first-order chi connectivity index (χ1) is 23.0. The zero-order chi connectivity index (χ0) is 33.9. The third-order valence-corrected chi connectivity index (χ3v) is 9.94. The first-order valence-corrected chi connectivity index (χ1v) is 16.4. The second-order valence-electron chi connectivity index (χ2n) is 13.2. The highest BCUT2D eigenvalue weighted by Crippen LogP contribution is 2.45. The number of hydrogen-bond donors (Lipinski definition) is 2. The molecule has 0 radical (unpaired) electrons. The van der Waals surface area contributed by atoms with Crippen molar-refractivity contribution < 1.29 is 37.3 Å². The van der Waals surface area contributed by atoms with E-state index >= 15 is 0 Å². The molecule has 3 fully saturated rings. The Bertz CT molecular complexity index is 1580. The summed E-state index contributed by atoms with van der Waals surface area (Å²) in [5.41, 5.74) is 7.29. The van der Waals surface area contributed by atoms with Gasteiger partial charge in [0, 0.05) is 31.3 Å². The lowest BCUT2D eigenvalue weighted by Gasteiger charge is -2.39. The van der Waals surface area contributed by atoms with Crippen LogP contribution in [-0.2, 0) is 16.1 Å². The van der Waals surface area contributed by atoms with Crippen LogP contribution in [-0.4, -0.2) is 63.9 Å². The highest BCUT2D eigenvalue weighted by atomic mass is 19.4. The van der Waals surface area contributed by atoms with Crippen LogP contribution in [0, 0.1) is 5.41 Å². The summed E-state index contributed by atoms with van der Waals surface area (Å²) < 4.78 is 53.8. The molecule has 3 heterocycles. The quantitative estimate of drug-likeness (QED) is 0.264. The highest BCUT2D eigenvalue weighted by Gasteiger charge is 2.51. The van der Waals surface area contributed by atoms with Crippen molar-refractivity contribution in [2.45, 2.75) is 82.2 Å². The molecule has 0 bridgehead atoms. The molecular formula is C35H40F3N5O5. The molecule has 2 aromatic carbocycles. The van der Waals surface area contributed by atoms with Crippen molar-refractivity contribution >= 4 is 23.8 Å². The number of hydrogen-bond acceptors (Lipinski definition) is 8. The number of alkyl halides is 3. The van der Waals surface area contributed by atoms with E-state index in [1.54, 1.807) is 12.1 Å². The van der Waals surface area contributed by atoms with Gasteiger partial charge >= 0.3 is 18.2 Å². The van der Waals surface area contributed by atoms with Crippen LogP contribution in [0.25, 0.3) is 0 Å². The van der Waals surface area contributed by atoms with E-state index < -0.39 is 35.8 Å². The molecule has 1 saturated carbocycles. The van der Waals surface area contributed by atoms with Crippen LogP contribution in [0.15, 0.2) is 60.7 Å². The van der Waals surface area contributed by atoms with Gasteiger partial charge in [-0.15, -0.1) is 0 Å². The molecule has 1 aliphatic carbocycles. The first kappa shape index (κ1) is 33.4. The molecule has 3 aliphatic rings. The molecule has 256 valence electrons. The lowest BCUT2D eigenvalue weighted by atomic mass is 9.76. The monoisotopic (exact) mass is 667 g/mol. The topological polar surface area (TPSA) is 131 Å². The lowest BCUT2D eigenvalue weighted by molar-refractivity contribution is -0.198. The van der Waals surface area contributed by atoms with Crippen molar-refractivity contribution in [1.82, 2.24) is 14.9 Å². The lowest BCUT2D eigenvalue weighted by Crippen LogP contribution is -2.43. The zero-order valence-corrected chi connectivity index (χ0v) is 26.6. The highest BCUT2D eigenvalue weighted by molar-refractivity contribution is 5.81. The molecule has 2 aliphatic heterocycles. The third-order valence-electron chi connectivity index (χ3n) is 9.94. The average molecular weight is 668 g/mol. The Kier molecular flexibility index (Phi) is 9.66. The van der Waals surface area contributed by atoms with Crippen molar-refractivity contribution in [3.05, 3.63) is 77.4 Å². The van der Waals surface area contributed by atoms with Crippen molar-refractivity contribution in [2.75, 3.05) is 30.3 Å². The van der Waals surface area contributed by atoms with Crippen LogP contribution in [0.3, 0.4) is 0 Å². The first-order valence-electron chi connectivity index (χ1n) is 16.4. The van der Waals surface area contributed by atoms with Crippen LogP contribution >= 0.6 is 0 Å². The minimum absolute atomic E-state index is 0.0261. The second-order valence-corrected chi connectivity index (χ2v) is 13.2. The van der Waals surface area contributed by atoms with E-state index in [-0.39, 0.29) is 37.0 Å².